The van der Waals surface area contributed by atoms with E-state index in [1.165, 1.54) is 11.3 Å². The van der Waals surface area contributed by atoms with Gasteiger partial charge in [0.1, 0.15) is 4.70 Å². The first-order chi connectivity index (χ1) is 9.24. The number of hydrogen-bond acceptors (Lipinski definition) is 5. The van der Waals surface area contributed by atoms with Crippen LogP contribution in [0.25, 0.3) is 10.2 Å². The number of hydrogen-bond donors (Lipinski definition) is 1. The molecular formula is C13H16N2O2S2. The van der Waals surface area contributed by atoms with Crippen LogP contribution in [-0.4, -0.2) is 28.5 Å². The molecule has 19 heavy (non-hydrogen) atoms. The second-order valence-electron chi connectivity index (χ2n) is 5.08. The third-order valence-electron chi connectivity index (χ3n) is 3.83. The van der Waals surface area contributed by atoms with Crippen LogP contribution in [0.4, 0.5) is 0 Å². The minimum absolute atomic E-state index is 0.0534. The summed E-state index contributed by atoms with van der Waals surface area (Å²) in [6.45, 7) is 2.19. The van der Waals surface area contributed by atoms with Crippen molar-refractivity contribution in [3.8, 4) is 0 Å². The van der Waals surface area contributed by atoms with Crippen LogP contribution in [0.5, 0.6) is 0 Å². The van der Waals surface area contributed by atoms with Crippen molar-refractivity contribution in [1.82, 2.24) is 9.55 Å². The summed E-state index contributed by atoms with van der Waals surface area (Å²) in [6.07, 6.45) is 3.56. The number of thiophene rings is 1. The molecule has 1 fully saturated rings. The second-order valence-corrected chi connectivity index (χ2v) is 6.32. The number of nitrogens with zero attached hydrogens (tertiary/aromatic N) is 2. The number of aromatic nitrogens is 2. The molecule has 3 heterocycles. The van der Waals surface area contributed by atoms with Gasteiger partial charge in [-0.2, -0.15) is 12.6 Å². The van der Waals surface area contributed by atoms with Gasteiger partial charge >= 0.3 is 0 Å². The van der Waals surface area contributed by atoms with Crippen LogP contribution in [0.1, 0.15) is 12.8 Å². The summed E-state index contributed by atoms with van der Waals surface area (Å²) < 4.78 is 7.89. The molecule has 2 aromatic rings. The maximum absolute atomic E-state index is 12.4. The Morgan fingerprint density at radius 3 is 3.00 bits per heavy atom. The molecule has 2 aromatic heterocycles. The highest BCUT2D eigenvalue weighted by Gasteiger charge is 2.32. The lowest BCUT2D eigenvalue weighted by molar-refractivity contribution is 0.0177. The van der Waals surface area contributed by atoms with E-state index in [2.05, 4.69) is 17.6 Å². The fourth-order valence-electron chi connectivity index (χ4n) is 2.52. The lowest BCUT2D eigenvalue weighted by Gasteiger charge is -2.36. The van der Waals surface area contributed by atoms with E-state index >= 15 is 0 Å². The summed E-state index contributed by atoms with van der Waals surface area (Å²) in [4.78, 5) is 16.7. The molecule has 0 aliphatic carbocycles. The minimum Gasteiger partial charge on any atom is -0.381 e. The van der Waals surface area contributed by atoms with Crippen LogP contribution in [-0.2, 0) is 11.3 Å². The van der Waals surface area contributed by atoms with Crippen LogP contribution in [0, 0.1) is 5.41 Å². The number of ether oxygens (including phenoxy) is 1. The number of thiol groups is 1. The Labute approximate surface area is 120 Å². The van der Waals surface area contributed by atoms with Crippen molar-refractivity contribution in [2.24, 2.45) is 5.41 Å². The van der Waals surface area contributed by atoms with Crippen molar-refractivity contribution in [2.75, 3.05) is 19.0 Å². The zero-order valence-electron chi connectivity index (χ0n) is 10.5. The van der Waals surface area contributed by atoms with E-state index in [0.717, 1.165) is 42.0 Å². The van der Waals surface area contributed by atoms with Crippen molar-refractivity contribution in [2.45, 2.75) is 19.4 Å². The maximum Gasteiger partial charge on any atom is 0.271 e. The smallest absolute Gasteiger partial charge is 0.271 e. The molecule has 102 valence electrons. The monoisotopic (exact) mass is 296 g/mol. The van der Waals surface area contributed by atoms with Crippen LogP contribution in [0.15, 0.2) is 22.6 Å². The van der Waals surface area contributed by atoms with E-state index in [1.54, 1.807) is 10.9 Å². The van der Waals surface area contributed by atoms with E-state index in [9.17, 15) is 4.79 Å². The van der Waals surface area contributed by atoms with Crippen LogP contribution >= 0.6 is 24.0 Å². The first-order valence-corrected chi connectivity index (χ1v) is 7.87. The molecule has 6 heteroatoms. The Kier molecular flexibility index (Phi) is 3.64. The summed E-state index contributed by atoms with van der Waals surface area (Å²) in [7, 11) is 0. The van der Waals surface area contributed by atoms with Crippen molar-refractivity contribution in [1.29, 1.82) is 0 Å². The molecule has 0 bridgehead atoms. The zero-order chi connectivity index (χ0) is 13.3. The van der Waals surface area contributed by atoms with Gasteiger partial charge in [0.05, 0.1) is 11.8 Å². The number of rotatable bonds is 3. The summed E-state index contributed by atoms with van der Waals surface area (Å²) in [6, 6.07) is 1.88. The SMILES string of the molecule is O=c1c2sccc2ncn1CC1(CS)CCOCC1. The Bertz CT molecular complexity index is 629. The molecule has 0 N–H and O–H groups in total. The van der Waals surface area contributed by atoms with E-state index in [1.807, 2.05) is 11.4 Å². The molecule has 0 unspecified atom stereocenters. The molecule has 1 saturated heterocycles. The second kappa shape index (κ2) is 5.26. The Morgan fingerprint density at radius 1 is 1.47 bits per heavy atom. The Morgan fingerprint density at radius 2 is 2.26 bits per heavy atom. The van der Waals surface area contributed by atoms with E-state index < -0.39 is 0 Å². The molecule has 4 nitrogen and oxygen atoms in total. The van der Waals surface area contributed by atoms with Gasteiger partial charge in [-0.05, 0) is 30.0 Å². The molecular weight excluding hydrogens is 280 g/mol. The highest BCUT2D eigenvalue weighted by Crippen LogP contribution is 2.33. The predicted molar refractivity (Wildman–Crippen MR) is 80.2 cm³/mol. The van der Waals surface area contributed by atoms with Crippen molar-refractivity contribution < 1.29 is 4.74 Å². The fraction of sp³-hybridized carbons (Fsp3) is 0.538. The third-order valence-corrected chi connectivity index (χ3v) is 5.39. The van der Waals surface area contributed by atoms with Gasteiger partial charge in [-0.25, -0.2) is 4.98 Å². The van der Waals surface area contributed by atoms with Gasteiger partial charge in [-0.3, -0.25) is 9.36 Å². The average molecular weight is 296 g/mol. The predicted octanol–water partition coefficient (Wildman–Crippen LogP) is 2.18. The molecule has 1 aliphatic heterocycles. The first kappa shape index (κ1) is 13.1. The maximum atomic E-state index is 12.4. The molecule has 1 aliphatic rings. The van der Waals surface area contributed by atoms with Gasteiger partial charge in [0.25, 0.3) is 5.56 Å². The van der Waals surface area contributed by atoms with Crippen LogP contribution in [0.3, 0.4) is 0 Å². The quantitative estimate of drug-likeness (QED) is 0.883. The molecule has 0 radical (unpaired) electrons. The zero-order valence-corrected chi connectivity index (χ0v) is 12.3. The molecule has 0 aromatic carbocycles. The largest absolute Gasteiger partial charge is 0.381 e. The standard InChI is InChI=1S/C13H16N2O2S2/c16-12-11-10(1-6-19-11)14-9-15(12)7-13(8-18)2-4-17-5-3-13/h1,6,9,18H,2-5,7-8H2. The average Bonchev–Trinajstić information content (AvgIpc) is 2.92. The lowest BCUT2D eigenvalue weighted by atomic mass is 9.82. The molecule has 0 amide bonds. The summed E-state index contributed by atoms with van der Waals surface area (Å²) in [5.41, 5.74) is 0.906. The van der Waals surface area contributed by atoms with Gasteiger partial charge in [-0.1, -0.05) is 0 Å². The van der Waals surface area contributed by atoms with Gasteiger partial charge < -0.3 is 4.74 Å². The van der Waals surface area contributed by atoms with Gasteiger partial charge in [0, 0.05) is 25.2 Å². The first-order valence-electron chi connectivity index (χ1n) is 6.35. The van der Waals surface area contributed by atoms with Gasteiger partial charge in [-0.15, -0.1) is 11.3 Å². The van der Waals surface area contributed by atoms with E-state index in [0.29, 0.717) is 6.54 Å². The highest BCUT2D eigenvalue weighted by atomic mass is 32.1. The Balaban J connectivity index is 1.95. The van der Waals surface area contributed by atoms with E-state index in [-0.39, 0.29) is 11.0 Å². The van der Waals surface area contributed by atoms with Crippen LogP contribution in [0.2, 0.25) is 0 Å². The van der Waals surface area contributed by atoms with Gasteiger partial charge in [0.15, 0.2) is 0 Å². The Hall–Kier alpha value is -0.850. The summed E-state index contributed by atoms with van der Waals surface area (Å²) in [5, 5.41) is 1.91. The summed E-state index contributed by atoms with van der Waals surface area (Å²) in [5.74, 6) is 0.769. The number of fused-ring (bicyclic) bond motifs is 1. The minimum atomic E-state index is 0.0534. The fourth-order valence-corrected chi connectivity index (χ4v) is 3.73. The van der Waals surface area contributed by atoms with Crippen molar-refractivity contribution in [3.63, 3.8) is 0 Å². The third kappa shape index (κ3) is 2.44. The molecule has 0 spiro atoms. The van der Waals surface area contributed by atoms with Crippen molar-refractivity contribution >= 4 is 34.2 Å². The topological polar surface area (TPSA) is 44.1 Å². The molecule has 3 rings (SSSR count). The highest BCUT2D eigenvalue weighted by molar-refractivity contribution is 7.80. The normalized spacial score (nSPS) is 18.8. The van der Waals surface area contributed by atoms with E-state index in [4.69, 9.17) is 4.74 Å². The van der Waals surface area contributed by atoms with Crippen molar-refractivity contribution in [3.05, 3.63) is 28.1 Å². The summed E-state index contributed by atoms with van der Waals surface area (Å²) >= 11 is 5.94. The van der Waals surface area contributed by atoms with Crippen LogP contribution < -0.4 is 5.56 Å². The molecule has 0 saturated carbocycles. The lowest BCUT2D eigenvalue weighted by Crippen LogP contribution is -2.38. The molecule has 0 atom stereocenters. The van der Waals surface area contributed by atoms with Gasteiger partial charge in [0.2, 0.25) is 0 Å².